The van der Waals surface area contributed by atoms with Gasteiger partial charge < -0.3 is 15.1 Å². The summed E-state index contributed by atoms with van der Waals surface area (Å²) in [6.45, 7) is 1.93. The molecule has 0 saturated heterocycles. The first-order valence-corrected chi connectivity index (χ1v) is 6.16. The molecule has 98 valence electrons. The number of likely N-dealkylation sites (N-methyl/N-ethyl adjacent to an activating group) is 1. The Balaban J connectivity index is 2.41. The van der Waals surface area contributed by atoms with Crippen LogP contribution in [0.25, 0.3) is 0 Å². The maximum atomic E-state index is 9.19. The first-order chi connectivity index (χ1) is 9.15. The molecule has 4 nitrogen and oxygen atoms in total. The quantitative estimate of drug-likeness (QED) is 0.912. The van der Waals surface area contributed by atoms with Crippen molar-refractivity contribution in [3.05, 3.63) is 54.0 Å². The van der Waals surface area contributed by atoms with Crippen LogP contribution in [0.5, 0.6) is 0 Å². The summed E-state index contributed by atoms with van der Waals surface area (Å²) < 4.78 is 5.47. The van der Waals surface area contributed by atoms with E-state index in [4.69, 9.17) is 10.2 Å². The molecule has 2 aromatic rings. The Kier molecular flexibility index (Phi) is 3.88. The molecule has 0 fully saturated rings. The van der Waals surface area contributed by atoms with E-state index in [1.807, 2.05) is 49.2 Å². The molecule has 0 amide bonds. The standard InChI is InChI=1S/C15H17N3O/c1-11(17)15(14-8-5-9-19-14)18(2)13-7-4-3-6-12(13)10-16/h3-9,11,15H,17H2,1-2H3. The molecule has 0 aliphatic carbocycles. The van der Waals surface area contributed by atoms with Crippen molar-refractivity contribution >= 4 is 5.69 Å². The Morgan fingerprint density at radius 3 is 2.58 bits per heavy atom. The number of nitriles is 1. The summed E-state index contributed by atoms with van der Waals surface area (Å²) >= 11 is 0. The van der Waals surface area contributed by atoms with Crippen molar-refractivity contribution in [2.75, 3.05) is 11.9 Å². The second-order valence-electron chi connectivity index (χ2n) is 4.56. The van der Waals surface area contributed by atoms with E-state index in [1.54, 1.807) is 12.3 Å². The van der Waals surface area contributed by atoms with Crippen LogP contribution in [0.4, 0.5) is 5.69 Å². The average Bonchev–Trinajstić information content (AvgIpc) is 2.92. The number of nitrogens with zero attached hydrogens (tertiary/aromatic N) is 2. The molecule has 4 heteroatoms. The van der Waals surface area contributed by atoms with E-state index in [0.717, 1.165) is 11.4 Å². The molecule has 1 aromatic heterocycles. The Morgan fingerprint density at radius 1 is 1.26 bits per heavy atom. The van der Waals surface area contributed by atoms with Gasteiger partial charge in [-0.15, -0.1) is 0 Å². The van der Waals surface area contributed by atoms with Crippen LogP contribution in [0.3, 0.4) is 0 Å². The summed E-state index contributed by atoms with van der Waals surface area (Å²) in [4.78, 5) is 1.99. The maximum Gasteiger partial charge on any atom is 0.127 e. The minimum Gasteiger partial charge on any atom is -0.467 e. The van der Waals surface area contributed by atoms with E-state index in [0.29, 0.717) is 5.56 Å². The van der Waals surface area contributed by atoms with Crippen molar-refractivity contribution < 1.29 is 4.42 Å². The number of hydrogen-bond acceptors (Lipinski definition) is 4. The van der Waals surface area contributed by atoms with Crippen LogP contribution >= 0.6 is 0 Å². The van der Waals surface area contributed by atoms with Gasteiger partial charge in [0.2, 0.25) is 0 Å². The lowest BCUT2D eigenvalue weighted by molar-refractivity contribution is 0.423. The van der Waals surface area contributed by atoms with Crippen LogP contribution in [0.2, 0.25) is 0 Å². The number of hydrogen-bond donors (Lipinski definition) is 1. The van der Waals surface area contributed by atoms with Crippen molar-refractivity contribution in [2.24, 2.45) is 5.73 Å². The number of furan rings is 1. The van der Waals surface area contributed by atoms with Gasteiger partial charge in [-0.25, -0.2) is 0 Å². The molecule has 0 radical (unpaired) electrons. The van der Waals surface area contributed by atoms with E-state index in [-0.39, 0.29) is 12.1 Å². The molecule has 19 heavy (non-hydrogen) atoms. The van der Waals surface area contributed by atoms with Gasteiger partial charge in [-0.1, -0.05) is 12.1 Å². The lowest BCUT2D eigenvalue weighted by Crippen LogP contribution is -2.37. The number of benzene rings is 1. The van der Waals surface area contributed by atoms with E-state index < -0.39 is 0 Å². The molecule has 0 aliphatic rings. The summed E-state index contributed by atoms with van der Waals surface area (Å²) in [7, 11) is 1.92. The fourth-order valence-corrected chi connectivity index (χ4v) is 2.29. The molecular weight excluding hydrogens is 238 g/mol. The van der Waals surface area contributed by atoms with Gasteiger partial charge in [0.15, 0.2) is 0 Å². The largest absolute Gasteiger partial charge is 0.467 e. The fourth-order valence-electron chi connectivity index (χ4n) is 2.29. The van der Waals surface area contributed by atoms with Gasteiger partial charge in [0.25, 0.3) is 0 Å². The molecule has 2 rings (SSSR count). The van der Waals surface area contributed by atoms with Crippen molar-refractivity contribution in [3.8, 4) is 6.07 Å². The molecule has 0 spiro atoms. The van der Waals surface area contributed by atoms with Gasteiger partial charge in [0.05, 0.1) is 17.5 Å². The van der Waals surface area contributed by atoms with Gasteiger partial charge in [0, 0.05) is 13.1 Å². The highest BCUT2D eigenvalue weighted by Crippen LogP contribution is 2.30. The predicted molar refractivity (Wildman–Crippen MR) is 74.7 cm³/mol. The molecule has 0 aliphatic heterocycles. The average molecular weight is 255 g/mol. The predicted octanol–water partition coefficient (Wildman–Crippen LogP) is 2.68. The zero-order chi connectivity index (χ0) is 13.8. The van der Waals surface area contributed by atoms with Gasteiger partial charge in [-0.2, -0.15) is 5.26 Å². The molecule has 1 aromatic carbocycles. The Labute approximate surface area is 113 Å². The topological polar surface area (TPSA) is 66.2 Å². The molecule has 2 atom stereocenters. The van der Waals surface area contributed by atoms with Gasteiger partial charge in [-0.3, -0.25) is 0 Å². The van der Waals surface area contributed by atoms with Crippen LogP contribution in [0.1, 0.15) is 24.3 Å². The minimum atomic E-state index is -0.122. The summed E-state index contributed by atoms with van der Waals surface area (Å²) in [6, 6.07) is 13.2. The molecule has 2 unspecified atom stereocenters. The van der Waals surface area contributed by atoms with E-state index in [2.05, 4.69) is 6.07 Å². The Morgan fingerprint density at radius 2 is 2.00 bits per heavy atom. The van der Waals surface area contributed by atoms with Crippen molar-refractivity contribution in [2.45, 2.75) is 19.0 Å². The monoisotopic (exact) mass is 255 g/mol. The zero-order valence-electron chi connectivity index (χ0n) is 11.1. The highest BCUT2D eigenvalue weighted by molar-refractivity contribution is 5.59. The third kappa shape index (κ3) is 2.61. The molecule has 2 N–H and O–H groups in total. The highest BCUT2D eigenvalue weighted by atomic mass is 16.3. The molecule has 1 heterocycles. The van der Waals surface area contributed by atoms with Crippen LogP contribution in [-0.2, 0) is 0 Å². The molecule has 0 saturated carbocycles. The summed E-state index contributed by atoms with van der Waals surface area (Å²) in [5.74, 6) is 0.797. The zero-order valence-corrected chi connectivity index (χ0v) is 11.1. The third-order valence-corrected chi connectivity index (χ3v) is 3.15. The fraction of sp³-hybridized carbons (Fsp3) is 0.267. The summed E-state index contributed by atoms with van der Waals surface area (Å²) in [5, 5.41) is 9.19. The number of para-hydroxylation sites is 1. The Hall–Kier alpha value is -2.25. The summed E-state index contributed by atoms with van der Waals surface area (Å²) in [6.07, 6.45) is 1.63. The van der Waals surface area contributed by atoms with Crippen molar-refractivity contribution in [1.29, 1.82) is 5.26 Å². The van der Waals surface area contributed by atoms with E-state index in [1.165, 1.54) is 0 Å². The van der Waals surface area contributed by atoms with Gasteiger partial charge in [0.1, 0.15) is 17.9 Å². The first-order valence-electron chi connectivity index (χ1n) is 6.16. The summed E-state index contributed by atoms with van der Waals surface area (Å²) in [5.41, 5.74) is 7.55. The lowest BCUT2D eigenvalue weighted by atomic mass is 10.0. The highest BCUT2D eigenvalue weighted by Gasteiger charge is 2.25. The maximum absolute atomic E-state index is 9.19. The van der Waals surface area contributed by atoms with E-state index >= 15 is 0 Å². The molecule has 0 bridgehead atoms. The number of anilines is 1. The third-order valence-electron chi connectivity index (χ3n) is 3.15. The Bertz CT molecular complexity index is 569. The van der Waals surface area contributed by atoms with Gasteiger partial charge >= 0.3 is 0 Å². The minimum absolute atomic E-state index is 0.107. The van der Waals surface area contributed by atoms with E-state index in [9.17, 15) is 5.26 Å². The number of nitrogens with two attached hydrogens (primary N) is 1. The molecular formula is C15H17N3O. The van der Waals surface area contributed by atoms with Crippen LogP contribution in [0.15, 0.2) is 47.1 Å². The normalized spacial score (nSPS) is 13.6. The van der Waals surface area contributed by atoms with Crippen LogP contribution in [-0.4, -0.2) is 13.1 Å². The second-order valence-corrected chi connectivity index (χ2v) is 4.56. The van der Waals surface area contributed by atoms with Crippen molar-refractivity contribution in [1.82, 2.24) is 0 Å². The van der Waals surface area contributed by atoms with Crippen molar-refractivity contribution in [3.63, 3.8) is 0 Å². The second kappa shape index (κ2) is 5.59. The van der Waals surface area contributed by atoms with Crippen LogP contribution < -0.4 is 10.6 Å². The van der Waals surface area contributed by atoms with Crippen LogP contribution in [0, 0.1) is 11.3 Å². The first kappa shape index (κ1) is 13.2. The number of rotatable bonds is 4. The van der Waals surface area contributed by atoms with Gasteiger partial charge in [-0.05, 0) is 31.2 Å². The SMILES string of the molecule is CC(N)C(c1ccco1)N(C)c1ccccc1C#N. The smallest absolute Gasteiger partial charge is 0.127 e. The lowest BCUT2D eigenvalue weighted by Gasteiger charge is -2.31.